The van der Waals surface area contributed by atoms with Gasteiger partial charge in [0.15, 0.2) is 6.29 Å². The van der Waals surface area contributed by atoms with E-state index in [1.165, 1.54) is 6.92 Å². The fourth-order valence-electron chi connectivity index (χ4n) is 2.92. The zero-order valence-electron chi connectivity index (χ0n) is 14.9. The molecule has 2 heterocycles. The molecule has 2 fully saturated rings. The van der Waals surface area contributed by atoms with Crippen molar-refractivity contribution in [3.63, 3.8) is 0 Å². The van der Waals surface area contributed by atoms with E-state index in [0.29, 0.717) is 0 Å². The van der Waals surface area contributed by atoms with Crippen LogP contribution in [0.4, 0.5) is 0 Å². The Labute approximate surface area is 159 Å². The largest absolute Gasteiger partial charge is 0.481 e. The fourth-order valence-corrected chi connectivity index (χ4v) is 2.92. The molecule has 13 nitrogen and oxygen atoms in total. The number of carboxylic acid groups (broad SMARTS) is 1. The quantitative estimate of drug-likeness (QED) is 0.216. The Morgan fingerprint density at radius 3 is 2.32 bits per heavy atom. The second-order valence-corrected chi connectivity index (χ2v) is 6.49. The highest BCUT2D eigenvalue weighted by molar-refractivity contribution is 5.98. The van der Waals surface area contributed by atoms with E-state index in [2.05, 4.69) is 16.0 Å². The van der Waals surface area contributed by atoms with Crippen molar-refractivity contribution < 1.29 is 49.1 Å². The third-order valence-corrected chi connectivity index (χ3v) is 4.32. The summed E-state index contributed by atoms with van der Waals surface area (Å²) in [5.41, 5.74) is 0. The Kier molecular flexibility index (Phi) is 7.26. The van der Waals surface area contributed by atoms with Crippen molar-refractivity contribution in [3.8, 4) is 0 Å². The molecule has 0 aromatic heterocycles. The van der Waals surface area contributed by atoms with Gasteiger partial charge < -0.3 is 45.9 Å². The van der Waals surface area contributed by atoms with Gasteiger partial charge in [0.25, 0.3) is 0 Å². The number of aliphatic hydroxyl groups is 3. The number of aliphatic carboxylic acids is 1. The summed E-state index contributed by atoms with van der Waals surface area (Å²) in [5, 5.41) is 45.0. The van der Waals surface area contributed by atoms with Gasteiger partial charge in [-0.1, -0.05) is 0 Å². The Morgan fingerprint density at radius 1 is 1.14 bits per heavy atom. The maximum absolute atomic E-state index is 12.1. The second kappa shape index (κ2) is 9.25. The molecule has 3 amide bonds. The van der Waals surface area contributed by atoms with Crippen molar-refractivity contribution in [1.82, 2.24) is 16.0 Å². The predicted octanol–water partition coefficient (Wildman–Crippen LogP) is -4.60. The maximum Gasteiger partial charge on any atom is 0.305 e. The highest BCUT2D eigenvalue weighted by atomic mass is 16.7. The molecule has 13 heteroatoms. The van der Waals surface area contributed by atoms with Crippen molar-refractivity contribution in [2.75, 3.05) is 13.2 Å². The first kappa shape index (κ1) is 22.0. The van der Waals surface area contributed by atoms with Gasteiger partial charge in [-0.2, -0.15) is 0 Å². The van der Waals surface area contributed by atoms with E-state index >= 15 is 0 Å². The van der Waals surface area contributed by atoms with Crippen molar-refractivity contribution in [2.24, 2.45) is 0 Å². The standard InChI is InChI=1S/C15H23N3O10/c1-5(20)16-10-12(24)11(23)8(3-19)28-15(10)27-4-7-14(26)17-6(2-9(21)22)13(25)18-7/h6-8,10-12,15,19,23-24H,2-4H2,1H3,(H,16,20)(H,17,26)(H,18,25)(H,21,22)/t6-,7-,8+,10+,11-,12+,15-/m0/s1. The van der Waals surface area contributed by atoms with Gasteiger partial charge in [0.05, 0.1) is 19.6 Å². The number of rotatable bonds is 7. The number of amides is 3. The summed E-state index contributed by atoms with van der Waals surface area (Å²) in [6.45, 7) is 0.104. The number of aliphatic hydroxyl groups excluding tert-OH is 3. The van der Waals surface area contributed by atoms with Crippen molar-refractivity contribution in [1.29, 1.82) is 0 Å². The van der Waals surface area contributed by atoms with Crippen LogP contribution >= 0.6 is 0 Å². The number of carbonyl (C=O) groups excluding carboxylic acids is 3. The van der Waals surface area contributed by atoms with Crippen LogP contribution in [0.3, 0.4) is 0 Å². The van der Waals surface area contributed by atoms with E-state index in [1.54, 1.807) is 0 Å². The average molecular weight is 405 g/mol. The molecular weight excluding hydrogens is 382 g/mol. The lowest BCUT2D eigenvalue weighted by Crippen LogP contribution is -2.66. The topological polar surface area (TPSA) is 204 Å². The van der Waals surface area contributed by atoms with E-state index in [-0.39, 0.29) is 0 Å². The van der Waals surface area contributed by atoms with E-state index < -0.39 is 86.1 Å². The first-order chi connectivity index (χ1) is 13.1. The lowest BCUT2D eigenvalue weighted by molar-refractivity contribution is -0.271. The Balaban J connectivity index is 2.02. The Hall–Kier alpha value is -2.32. The molecule has 0 saturated carbocycles. The highest BCUT2D eigenvalue weighted by Gasteiger charge is 2.46. The van der Waals surface area contributed by atoms with Crippen molar-refractivity contribution >= 4 is 23.7 Å². The van der Waals surface area contributed by atoms with E-state index in [4.69, 9.17) is 14.6 Å². The molecule has 0 aliphatic carbocycles. The van der Waals surface area contributed by atoms with Crippen LogP contribution in [0.2, 0.25) is 0 Å². The van der Waals surface area contributed by atoms with Crippen molar-refractivity contribution in [2.45, 2.75) is 56.1 Å². The summed E-state index contributed by atoms with van der Waals surface area (Å²) < 4.78 is 10.8. The van der Waals surface area contributed by atoms with Crippen LogP contribution < -0.4 is 16.0 Å². The van der Waals surface area contributed by atoms with Crippen LogP contribution in [0.1, 0.15) is 13.3 Å². The summed E-state index contributed by atoms with van der Waals surface area (Å²) in [7, 11) is 0. The number of piperazine rings is 1. The second-order valence-electron chi connectivity index (χ2n) is 6.49. The van der Waals surface area contributed by atoms with Gasteiger partial charge in [0, 0.05) is 6.92 Å². The molecule has 0 bridgehead atoms. The SMILES string of the molecule is CC(=O)N[C@H]1[C@@H](OC[C@@H]2NC(=O)[C@H](CC(=O)O)NC2=O)O[C@H](CO)[C@H](O)[C@@H]1O. The normalized spacial score (nSPS) is 35.6. The minimum absolute atomic E-state index is 0.431. The zero-order valence-corrected chi connectivity index (χ0v) is 14.9. The third kappa shape index (κ3) is 5.14. The molecule has 0 spiro atoms. The van der Waals surface area contributed by atoms with Crippen LogP contribution in [-0.4, -0.2) is 100 Å². The van der Waals surface area contributed by atoms with Crippen LogP contribution in [0.5, 0.6) is 0 Å². The van der Waals surface area contributed by atoms with E-state index in [0.717, 1.165) is 0 Å². The third-order valence-electron chi connectivity index (χ3n) is 4.32. The molecular formula is C15H23N3O10. The van der Waals surface area contributed by atoms with Gasteiger partial charge in [-0.15, -0.1) is 0 Å². The monoisotopic (exact) mass is 405 g/mol. The number of carboxylic acids is 1. The van der Waals surface area contributed by atoms with Crippen LogP contribution in [0.15, 0.2) is 0 Å². The average Bonchev–Trinajstić information content (AvgIpc) is 2.61. The minimum atomic E-state index is -1.52. The summed E-state index contributed by atoms with van der Waals surface area (Å²) in [6, 6.07) is -3.58. The number of ether oxygens (including phenoxy) is 2. The maximum atomic E-state index is 12.1. The first-order valence-electron chi connectivity index (χ1n) is 8.47. The molecule has 158 valence electrons. The number of hydrogen-bond donors (Lipinski definition) is 7. The van der Waals surface area contributed by atoms with Crippen LogP contribution in [0, 0.1) is 0 Å². The summed E-state index contributed by atoms with van der Waals surface area (Å²) in [6.07, 6.45) is -6.12. The number of carbonyl (C=O) groups is 4. The molecule has 7 N–H and O–H groups in total. The molecule has 0 unspecified atom stereocenters. The lowest BCUT2D eigenvalue weighted by Gasteiger charge is -2.42. The van der Waals surface area contributed by atoms with Crippen LogP contribution in [0.25, 0.3) is 0 Å². The molecule has 0 aromatic carbocycles. The number of nitrogens with one attached hydrogen (secondary N) is 3. The van der Waals surface area contributed by atoms with Gasteiger partial charge in [-0.25, -0.2) is 0 Å². The zero-order chi connectivity index (χ0) is 21.0. The molecule has 7 atom stereocenters. The van der Waals surface area contributed by atoms with Gasteiger partial charge in [0.2, 0.25) is 17.7 Å². The molecule has 2 rings (SSSR count). The Morgan fingerprint density at radius 2 is 1.75 bits per heavy atom. The molecule has 0 aromatic rings. The molecule has 0 radical (unpaired) electrons. The van der Waals surface area contributed by atoms with Crippen LogP contribution in [-0.2, 0) is 28.7 Å². The molecule has 28 heavy (non-hydrogen) atoms. The summed E-state index contributed by atoms with van der Waals surface area (Å²) >= 11 is 0. The van der Waals surface area contributed by atoms with E-state index in [1.807, 2.05) is 0 Å². The predicted molar refractivity (Wildman–Crippen MR) is 87.4 cm³/mol. The smallest absolute Gasteiger partial charge is 0.305 e. The van der Waals surface area contributed by atoms with Gasteiger partial charge in [-0.05, 0) is 0 Å². The van der Waals surface area contributed by atoms with Gasteiger partial charge in [0.1, 0.15) is 36.4 Å². The Bertz CT molecular complexity index is 629. The highest BCUT2D eigenvalue weighted by Crippen LogP contribution is 2.22. The molecule has 2 saturated heterocycles. The molecule has 2 aliphatic rings. The minimum Gasteiger partial charge on any atom is -0.481 e. The summed E-state index contributed by atoms with van der Waals surface area (Å²) in [4.78, 5) is 46.0. The summed E-state index contributed by atoms with van der Waals surface area (Å²) in [5.74, 6) is -3.19. The van der Waals surface area contributed by atoms with Gasteiger partial charge in [-0.3, -0.25) is 19.2 Å². The fraction of sp³-hybridized carbons (Fsp3) is 0.733. The first-order valence-corrected chi connectivity index (χ1v) is 8.47. The van der Waals surface area contributed by atoms with Crippen molar-refractivity contribution in [3.05, 3.63) is 0 Å². The van der Waals surface area contributed by atoms with E-state index in [9.17, 15) is 34.5 Å². The van der Waals surface area contributed by atoms with Gasteiger partial charge >= 0.3 is 5.97 Å². The lowest BCUT2D eigenvalue weighted by atomic mass is 9.97. The number of hydrogen-bond acceptors (Lipinski definition) is 9. The molecule has 2 aliphatic heterocycles.